The number of nitrogens with one attached hydrogen (secondary N) is 1. The summed E-state index contributed by atoms with van der Waals surface area (Å²) in [4.78, 5) is 10.1. The molecule has 14 heavy (non-hydrogen) atoms. The molecule has 1 aromatic carbocycles. The predicted octanol–water partition coefficient (Wildman–Crippen LogP) is 2.29. The van der Waals surface area contributed by atoms with Gasteiger partial charge in [0.15, 0.2) is 0 Å². The standard InChI is InChI=1S/C8H6BrN3O2/c9-6-1-2-7(11-4-3-10)8(5-6)12(13)14/h1-2,5,11H,4H2. The molecule has 0 unspecified atom stereocenters. The highest BCUT2D eigenvalue weighted by molar-refractivity contribution is 9.10. The highest BCUT2D eigenvalue weighted by Crippen LogP contribution is 2.27. The molecule has 0 fully saturated rings. The Balaban J connectivity index is 3.03. The molecular formula is C8H6BrN3O2. The van der Waals surface area contributed by atoms with E-state index in [1.165, 1.54) is 6.07 Å². The Hall–Kier alpha value is -1.61. The molecule has 1 aromatic rings. The van der Waals surface area contributed by atoms with Crippen LogP contribution in [-0.2, 0) is 0 Å². The van der Waals surface area contributed by atoms with Gasteiger partial charge in [0.2, 0.25) is 0 Å². The van der Waals surface area contributed by atoms with Crippen LogP contribution in [0.4, 0.5) is 11.4 Å². The second kappa shape index (κ2) is 4.58. The maximum Gasteiger partial charge on any atom is 0.293 e. The zero-order chi connectivity index (χ0) is 10.6. The number of hydrogen-bond donors (Lipinski definition) is 1. The van der Waals surface area contributed by atoms with Crippen molar-refractivity contribution in [1.82, 2.24) is 0 Å². The van der Waals surface area contributed by atoms with Gasteiger partial charge in [0.05, 0.1) is 11.0 Å². The lowest BCUT2D eigenvalue weighted by molar-refractivity contribution is -0.384. The number of rotatable bonds is 3. The monoisotopic (exact) mass is 255 g/mol. The van der Waals surface area contributed by atoms with Crippen LogP contribution in [0.1, 0.15) is 0 Å². The van der Waals surface area contributed by atoms with E-state index >= 15 is 0 Å². The van der Waals surface area contributed by atoms with E-state index in [0.29, 0.717) is 10.2 Å². The Labute approximate surface area is 88.6 Å². The van der Waals surface area contributed by atoms with E-state index in [0.717, 1.165) is 0 Å². The molecule has 0 amide bonds. The zero-order valence-corrected chi connectivity index (χ0v) is 8.61. The molecule has 6 heteroatoms. The Morgan fingerprint density at radius 1 is 1.64 bits per heavy atom. The van der Waals surface area contributed by atoms with E-state index in [2.05, 4.69) is 21.2 Å². The highest BCUT2D eigenvalue weighted by Gasteiger charge is 2.12. The van der Waals surface area contributed by atoms with Crippen molar-refractivity contribution >= 4 is 27.3 Å². The number of anilines is 1. The van der Waals surface area contributed by atoms with Crippen molar-refractivity contribution in [3.63, 3.8) is 0 Å². The van der Waals surface area contributed by atoms with Gasteiger partial charge in [0.1, 0.15) is 12.2 Å². The predicted molar refractivity (Wildman–Crippen MR) is 54.9 cm³/mol. The van der Waals surface area contributed by atoms with E-state index in [9.17, 15) is 10.1 Å². The van der Waals surface area contributed by atoms with E-state index in [1.54, 1.807) is 12.1 Å². The fraction of sp³-hybridized carbons (Fsp3) is 0.125. The van der Waals surface area contributed by atoms with Gasteiger partial charge in [-0.3, -0.25) is 10.1 Å². The van der Waals surface area contributed by atoms with Crippen LogP contribution >= 0.6 is 15.9 Å². The fourth-order valence-corrected chi connectivity index (χ4v) is 1.29. The fourth-order valence-electron chi connectivity index (χ4n) is 0.940. The molecule has 72 valence electrons. The Kier molecular flexibility index (Phi) is 3.42. The van der Waals surface area contributed by atoms with Crippen LogP contribution in [-0.4, -0.2) is 11.5 Å². The number of hydrogen-bond acceptors (Lipinski definition) is 4. The summed E-state index contributed by atoms with van der Waals surface area (Å²) in [5.41, 5.74) is 0.300. The van der Waals surface area contributed by atoms with E-state index in [4.69, 9.17) is 5.26 Å². The lowest BCUT2D eigenvalue weighted by atomic mass is 10.2. The minimum absolute atomic E-state index is 0.0441. The molecule has 0 aliphatic rings. The van der Waals surface area contributed by atoms with Gasteiger partial charge in [-0.15, -0.1) is 0 Å². The first-order valence-corrected chi connectivity index (χ1v) is 4.49. The van der Waals surface area contributed by atoms with Crippen LogP contribution in [0, 0.1) is 21.4 Å². The highest BCUT2D eigenvalue weighted by atomic mass is 79.9. The Morgan fingerprint density at radius 3 is 2.93 bits per heavy atom. The van der Waals surface area contributed by atoms with Crippen LogP contribution in [0.5, 0.6) is 0 Å². The van der Waals surface area contributed by atoms with Gasteiger partial charge in [0.25, 0.3) is 5.69 Å². The topological polar surface area (TPSA) is 79.0 Å². The molecule has 1 N–H and O–H groups in total. The molecule has 0 radical (unpaired) electrons. The summed E-state index contributed by atoms with van der Waals surface area (Å²) in [6.45, 7) is 0.0441. The van der Waals surface area contributed by atoms with Gasteiger partial charge in [-0.1, -0.05) is 15.9 Å². The van der Waals surface area contributed by atoms with Crippen molar-refractivity contribution in [2.75, 3.05) is 11.9 Å². The normalized spacial score (nSPS) is 9.14. The quantitative estimate of drug-likeness (QED) is 0.511. The first-order valence-electron chi connectivity index (χ1n) is 3.70. The van der Waals surface area contributed by atoms with Crippen LogP contribution in [0.3, 0.4) is 0 Å². The number of benzene rings is 1. The number of nitro benzene ring substituents is 1. The summed E-state index contributed by atoms with van der Waals surface area (Å²) < 4.78 is 0.631. The minimum Gasteiger partial charge on any atom is -0.367 e. The van der Waals surface area contributed by atoms with Gasteiger partial charge in [-0.05, 0) is 12.1 Å². The molecule has 0 spiro atoms. The van der Waals surface area contributed by atoms with Crippen molar-refractivity contribution in [3.05, 3.63) is 32.8 Å². The third-order valence-corrected chi connectivity index (χ3v) is 2.01. The molecule has 0 bridgehead atoms. The maximum absolute atomic E-state index is 10.6. The van der Waals surface area contributed by atoms with Gasteiger partial charge < -0.3 is 5.32 Å². The van der Waals surface area contributed by atoms with Crippen molar-refractivity contribution < 1.29 is 4.92 Å². The summed E-state index contributed by atoms with van der Waals surface area (Å²) in [5.74, 6) is 0. The minimum atomic E-state index is -0.496. The van der Waals surface area contributed by atoms with E-state index < -0.39 is 4.92 Å². The SMILES string of the molecule is N#CCNc1ccc(Br)cc1[N+](=O)[O-]. The summed E-state index contributed by atoms with van der Waals surface area (Å²) in [7, 11) is 0. The zero-order valence-electron chi connectivity index (χ0n) is 7.03. The second-order valence-electron chi connectivity index (χ2n) is 2.43. The maximum atomic E-state index is 10.6. The van der Waals surface area contributed by atoms with Crippen LogP contribution < -0.4 is 5.32 Å². The van der Waals surface area contributed by atoms with Crippen LogP contribution in [0.25, 0.3) is 0 Å². The average molecular weight is 256 g/mol. The van der Waals surface area contributed by atoms with Crippen LogP contribution in [0.2, 0.25) is 0 Å². The lowest BCUT2D eigenvalue weighted by Gasteiger charge is -2.02. The molecule has 1 rings (SSSR count). The molecular weight excluding hydrogens is 250 g/mol. The smallest absolute Gasteiger partial charge is 0.293 e. The van der Waals surface area contributed by atoms with Gasteiger partial charge in [-0.2, -0.15) is 5.26 Å². The van der Waals surface area contributed by atoms with Crippen molar-refractivity contribution in [2.45, 2.75) is 0 Å². The molecule has 5 nitrogen and oxygen atoms in total. The molecule has 0 atom stereocenters. The Morgan fingerprint density at radius 2 is 2.36 bits per heavy atom. The first-order chi connectivity index (χ1) is 6.65. The van der Waals surface area contributed by atoms with E-state index in [1.807, 2.05) is 6.07 Å². The van der Waals surface area contributed by atoms with Crippen molar-refractivity contribution in [1.29, 1.82) is 5.26 Å². The largest absolute Gasteiger partial charge is 0.367 e. The molecule has 0 saturated heterocycles. The summed E-state index contributed by atoms with van der Waals surface area (Å²) >= 11 is 3.14. The average Bonchev–Trinajstić information content (AvgIpc) is 2.15. The third-order valence-electron chi connectivity index (χ3n) is 1.51. The van der Waals surface area contributed by atoms with Crippen molar-refractivity contribution in [2.24, 2.45) is 0 Å². The number of nitro groups is 1. The molecule has 0 saturated carbocycles. The van der Waals surface area contributed by atoms with Crippen molar-refractivity contribution in [3.8, 4) is 6.07 Å². The number of nitriles is 1. The molecule has 0 aliphatic heterocycles. The summed E-state index contributed by atoms with van der Waals surface area (Å²) in [6.07, 6.45) is 0. The van der Waals surface area contributed by atoms with Gasteiger partial charge in [0, 0.05) is 10.5 Å². The lowest BCUT2D eigenvalue weighted by Crippen LogP contribution is -2.01. The van der Waals surface area contributed by atoms with Gasteiger partial charge >= 0.3 is 0 Å². The third kappa shape index (κ3) is 2.44. The second-order valence-corrected chi connectivity index (χ2v) is 3.35. The molecule has 0 aliphatic carbocycles. The Bertz CT molecular complexity index is 400. The summed E-state index contributed by atoms with van der Waals surface area (Å²) in [6, 6.07) is 6.47. The van der Waals surface area contributed by atoms with E-state index in [-0.39, 0.29) is 12.2 Å². The number of nitrogens with zero attached hydrogens (tertiary/aromatic N) is 2. The molecule has 0 aromatic heterocycles. The van der Waals surface area contributed by atoms with Crippen LogP contribution in [0.15, 0.2) is 22.7 Å². The number of halogens is 1. The first kappa shape index (κ1) is 10.5. The van der Waals surface area contributed by atoms with Gasteiger partial charge in [-0.25, -0.2) is 0 Å². The summed E-state index contributed by atoms with van der Waals surface area (Å²) in [5, 5.41) is 21.6. The molecule has 0 heterocycles.